The van der Waals surface area contributed by atoms with Gasteiger partial charge in [-0.25, -0.2) is 0 Å². The second-order valence-corrected chi connectivity index (χ2v) is 8.86. The first-order chi connectivity index (χ1) is 12.4. The van der Waals surface area contributed by atoms with Crippen LogP contribution in [0.4, 0.5) is 0 Å². The maximum atomic E-state index is 5.54. The van der Waals surface area contributed by atoms with Crippen LogP contribution in [0.5, 0.6) is 0 Å². The molecule has 27 heavy (non-hydrogen) atoms. The standard InChI is InChI=1S/C20H34N4OS.HI/c1-16-7-6-8-17(13-16)18(24-9-11-25-12-10-24)14-22-19(21-4)23-15-20(2,3)26-5;/h6-8,13,18H,9-12,14-15H2,1-5H3,(H2,21,22,23);1H. The molecule has 2 rings (SSSR count). The topological polar surface area (TPSA) is 48.9 Å². The molecule has 1 atom stereocenters. The lowest BCUT2D eigenvalue weighted by Crippen LogP contribution is -2.48. The van der Waals surface area contributed by atoms with E-state index in [-0.39, 0.29) is 28.7 Å². The van der Waals surface area contributed by atoms with E-state index in [9.17, 15) is 0 Å². The average molecular weight is 506 g/mol. The summed E-state index contributed by atoms with van der Waals surface area (Å²) < 4.78 is 5.72. The molecule has 1 aliphatic heterocycles. The SMILES string of the molecule is CN=C(NCC(c1cccc(C)c1)N1CCOCC1)NCC(C)(C)SC.I. The van der Waals surface area contributed by atoms with Crippen molar-refractivity contribution >= 4 is 41.7 Å². The number of morpholine rings is 1. The first-order valence-electron chi connectivity index (χ1n) is 9.33. The molecule has 0 amide bonds. The second-order valence-electron chi connectivity index (χ2n) is 7.35. The lowest BCUT2D eigenvalue weighted by molar-refractivity contribution is 0.0170. The fourth-order valence-electron chi connectivity index (χ4n) is 3.01. The van der Waals surface area contributed by atoms with Crippen LogP contribution < -0.4 is 10.6 Å². The summed E-state index contributed by atoms with van der Waals surface area (Å²) in [7, 11) is 1.83. The van der Waals surface area contributed by atoms with Crippen molar-refractivity contribution in [1.29, 1.82) is 0 Å². The van der Waals surface area contributed by atoms with Gasteiger partial charge >= 0.3 is 0 Å². The molecule has 1 fully saturated rings. The summed E-state index contributed by atoms with van der Waals surface area (Å²) in [5.74, 6) is 0.859. The summed E-state index contributed by atoms with van der Waals surface area (Å²) in [5, 5.41) is 6.99. The van der Waals surface area contributed by atoms with E-state index in [4.69, 9.17) is 4.74 Å². The number of halogens is 1. The van der Waals surface area contributed by atoms with Crippen molar-refractivity contribution in [2.24, 2.45) is 4.99 Å². The predicted octanol–water partition coefficient (Wildman–Crippen LogP) is 3.29. The van der Waals surface area contributed by atoms with Gasteiger partial charge in [0.05, 0.1) is 19.3 Å². The fourth-order valence-corrected chi connectivity index (χ4v) is 3.22. The summed E-state index contributed by atoms with van der Waals surface area (Å²) >= 11 is 1.86. The molecule has 0 bridgehead atoms. The Morgan fingerprint density at radius 2 is 2.00 bits per heavy atom. The van der Waals surface area contributed by atoms with Crippen molar-refractivity contribution in [3.8, 4) is 0 Å². The number of guanidine groups is 1. The summed E-state index contributed by atoms with van der Waals surface area (Å²) in [6.45, 7) is 11.9. The van der Waals surface area contributed by atoms with Crippen LogP contribution in [-0.4, -0.2) is 68.3 Å². The van der Waals surface area contributed by atoms with Crippen LogP contribution >= 0.6 is 35.7 Å². The molecule has 1 heterocycles. The van der Waals surface area contributed by atoms with Crippen LogP contribution in [0.25, 0.3) is 0 Å². The molecule has 5 nitrogen and oxygen atoms in total. The minimum absolute atomic E-state index is 0. The molecule has 154 valence electrons. The van der Waals surface area contributed by atoms with E-state index in [1.807, 2.05) is 18.8 Å². The molecule has 1 aromatic rings. The quantitative estimate of drug-likeness (QED) is 0.338. The number of hydrogen-bond acceptors (Lipinski definition) is 4. The van der Waals surface area contributed by atoms with Gasteiger partial charge in [-0.05, 0) is 32.6 Å². The highest BCUT2D eigenvalue weighted by molar-refractivity contribution is 14.0. The molecule has 7 heteroatoms. The summed E-state index contributed by atoms with van der Waals surface area (Å²) in [6.07, 6.45) is 2.14. The average Bonchev–Trinajstić information content (AvgIpc) is 2.65. The minimum atomic E-state index is 0. The molecule has 2 N–H and O–H groups in total. The zero-order valence-corrected chi connectivity index (χ0v) is 20.4. The van der Waals surface area contributed by atoms with E-state index in [1.165, 1.54) is 11.1 Å². The molecule has 1 unspecified atom stereocenters. The third kappa shape index (κ3) is 8.17. The smallest absolute Gasteiger partial charge is 0.191 e. The molecule has 1 aromatic carbocycles. The van der Waals surface area contributed by atoms with Gasteiger partial charge in [-0.15, -0.1) is 24.0 Å². The Morgan fingerprint density at radius 3 is 2.59 bits per heavy atom. The molecule has 0 saturated carbocycles. The summed E-state index contributed by atoms with van der Waals surface area (Å²) in [5.41, 5.74) is 2.64. The van der Waals surface area contributed by atoms with Crippen LogP contribution in [0.1, 0.15) is 31.0 Å². The van der Waals surface area contributed by atoms with Crippen LogP contribution in [0.15, 0.2) is 29.3 Å². The first-order valence-corrected chi connectivity index (χ1v) is 10.6. The van der Waals surface area contributed by atoms with Gasteiger partial charge in [-0.1, -0.05) is 29.8 Å². The van der Waals surface area contributed by atoms with Crippen molar-refractivity contribution in [3.63, 3.8) is 0 Å². The van der Waals surface area contributed by atoms with E-state index in [0.29, 0.717) is 6.04 Å². The van der Waals surface area contributed by atoms with E-state index < -0.39 is 0 Å². The largest absolute Gasteiger partial charge is 0.379 e. The predicted molar refractivity (Wildman–Crippen MR) is 129 cm³/mol. The maximum Gasteiger partial charge on any atom is 0.191 e. The van der Waals surface area contributed by atoms with Crippen molar-refractivity contribution in [3.05, 3.63) is 35.4 Å². The normalized spacial score (nSPS) is 17.1. The lowest BCUT2D eigenvalue weighted by atomic mass is 10.0. The number of nitrogens with zero attached hydrogens (tertiary/aromatic N) is 2. The van der Waals surface area contributed by atoms with E-state index in [1.54, 1.807) is 0 Å². The van der Waals surface area contributed by atoms with Gasteiger partial charge < -0.3 is 15.4 Å². The number of benzene rings is 1. The zero-order chi connectivity index (χ0) is 19.0. The van der Waals surface area contributed by atoms with Crippen molar-refractivity contribution in [2.45, 2.75) is 31.6 Å². The highest BCUT2D eigenvalue weighted by Crippen LogP contribution is 2.22. The van der Waals surface area contributed by atoms with Crippen molar-refractivity contribution < 1.29 is 4.74 Å². The molecule has 1 aliphatic rings. The molecule has 0 spiro atoms. The molecular formula is C20H35IN4OS. The minimum Gasteiger partial charge on any atom is -0.379 e. The summed E-state index contributed by atoms with van der Waals surface area (Å²) in [4.78, 5) is 6.90. The Bertz CT molecular complexity index is 591. The van der Waals surface area contributed by atoms with E-state index in [0.717, 1.165) is 45.4 Å². The number of ether oxygens (including phenoxy) is 1. The molecular weight excluding hydrogens is 471 g/mol. The Kier molecular flexibility index (Phi) is 11.0. The van der Waals surface area contributed by atoms with Crippen molar-refractivity contribution in [2.75, 3.05) is 52.7 Å². The molecule has 0 aliphatic carbocycles. The Balaban J connectivity index is 0.00000364. The second kappa shape index (κ2) is 12.1. The van der Waals surface area contributed by atoms with E-state index >= 15 is 0 Å². The summed E-state index contributed by atoms with van der Waals surface area (Å²) in [6, 6.07) is 9.12. The maximum absolute atomic E-state index is 5.54. The Morgan fingerprint density at radius 1 is 1.30 bits per heavy atom. The molecule has 1 saturated heterocycles. The van der Waals surface area contributed by atoms with Gasteiger partial charge in [0, 0.05) is 38.0 Å². The third-order valence-electron chi connectivity index (χ3n) is 4.83. The number of aliphatic imine (C=N–C) groups is 1. The molecule has 0 aromatic heterocycles. The van der Waals surface area contributed by atoms with Gasteiger partial charge in [-0.2, -0.15) is 11.8 Å². The molecule has 0 radical (unpaired) electrons. The fraction of sp³-hybridized carbons (Fsp3) is 0.650. The monoisotopic (exact) mass is 506 g/mol. The van der Waals surface area contributed by atoms with Crippen molar-refractivity contribution in [1.82, 2.24) is 15.5 Å². The number of thioether (sulfide) groups is 1. The first kappa shape index (κ1) is 24.5. The highest BCUT2D eigenvalue weighted by Gasteiger charge is 2.23. The Labute approximate surface area is 186 Å². The van der Waals surface area contributed by atoms with Gasteiger partial charge in [0.2, 0.25) is 0 Å². The van der Waals surface area contributed by atoms with Crippen LogP contribution in [-0.2, 0) is 4.74 Å². The Hall–Kier alpha value is -0.510. The van der Waals surface area contributed by atoms with Gasteiger partial charge in [-0.3, -0.25) is 9.89 Å². The van der Waals surface area contributed by atoms with E-state index in [2.05, 4.69) is 71.8 Å². The number of rotatable bonds is 7. The number of nitrogens with one attached hydrogen (secondary N) is 2. The lowest BCUT2D eigenvalue weighted by Gasteiger charge is -2.35. The van der Waals surface area contributed by atoms with Crippen LogP contribution in [0.2, 0.25) is 0 Å². The van der Waals surface area contributed by atoms with Gasteiger partial charge in [0.1, 0.15) is 0 Å². The van der Waals surface area contributed by atoms with Crippen LogP contribution in [0.3, 0.4) is 0 Å². The number of hydrogen-bond donors (Lipinski definition) is 2. The zero-order valence-electron chi connectivity index (χ0n) is 17.2. The van der Waals surface area contributed by atoms with Gasteiger partial charge in [0.15, 0.2) is 5.96 Å². The number of aryl methyl sites for hydroxylation is 1. The highest BCUT2D eigenvalue weighted by atomic mass is 127. The van der Waals surface area contributed by atoms with Crippen LogP contribution in [0, 0.1) is 6.92 Å². The third-order valence-corrected chi connectivity index (χ3v) is 6.08. The van der Waals surface area contributed by atoms with Gasteiger partial charge in [0.25, 0.3) is 0 Å².